The van der Waals surface area contributed by atoms with Gasteiger partial charge in [0.2, 0.25) is 5.41 Å². The molecule has 7 nitrogen and oxygen atoms in total. The molecule has 0 heterocycles. The topological polar surface area (TPSA) is 101 Å². The number of hydrazone groups is 1. The molecule has 0 spiro atoms. The van der Waals surface area contributed by atoms with Crippen LogP contribution in [0.3, 0.4) is 0 Å². The molecule has 0 fully saturated rings. The first kappa shape index (κ1) is 24.2. The Labute approximate surface area is 162 Å². The van der Waals surface area contributed by atoms with Crippen LogP contribution >= 0.6 is 0 Å². The first-order valence-electron chi connectivity index (χ1n) is 7.92. The second-order valence-electron chi connectivity index (χ2n) is 6.70. The van der Waals surface area contributed by atoms with Crippen molar-refractivity contribution in [2.24, 2.45) is 21.2 Å². The van der Waals surface area contributed by atoms with Gasteiger partial charge in [-0.1, -0.05) is 12.1 Å². The first-order valence-corrected chi connectivity index (χ1v) is 7.92. The van der Waals surface area contributed by atoms with E-state index in [9.17, 15) is 31.1 Å². The number of amidine groups is 1. The summed E-state index contributed by atoms with van der Waals surface area (Å²) in [5.74, 6) is 3.01. The Morgan fingerprint density at radius 3 is 1.83 bits per heavy atom. The Morgan fingerprint density at radius 1 is 1.00 bits per heavy atom. The fourth-order valence-corrected chi connectivity index (χ4v) is 2.39. The van der Waals surface area contributed by atoms with Gasteiger partial charge in [0.15, 0.2) is 5.84 Å². The molecule has 0 saturated heterocycles. The van der Waals surface area contributed by atoms with Crippen molar-refractivity contribution in [3.63, 3.8) is 0 Å². The molecule has 1 aromatic rings. The molecule has 29 heavy (non-hydrogen) atoms. The normalized spacial score (nSPS) is 14.2. The van der Waals surface area contributed by atoms with E-state index in [-0.39, 0.29) is 5.69 Å². The number of alkyl halides is 6. The third kappa shape index (κ3) is 5.15. The maximum Gasteiger partial charge on any atom is 0.414 e. The third-order valence-corrected chi connectivity index (χ3v) is 3.47. The Kier molecular flexibility index (Phi) is 6.88. The average molecular weight is 427 g/mol. The highest BCUT2D eigenvalue weighted by atomic mass is 19.4. The quantitative estimate of drug-likeness (QED) is 0.182. The van der Waals surface area contributed by atoms with Crippen LogP contribution in [0.4, 0.5) is 36.8 Å². The molecule has 1 rings (SSSR count). The van der Waals surface area contributed by atoms with Gasteiger partial charge in [0.05, 0.1) is 0 Å². The molecule has 0 bridgehead atoms. The molecule has 0 aliphatic heterocycles. The van der Waals surface area contributed by atoms with Crippen LogP contribution in [-0.4, -0.2) is 36.9 Å². The lowest BCUT2D eigenvalue weighted by molar-refractivity contribution is -0.278. The molecule has 3 N–H and O–H groups in total. The minimum absolute atomic E-state index is 0.0930. The molecular formula is C16H19F6N5O2. The Morgan fingerprint density at radius 2 is 1.48 bits per heavy atom. The summed E-state index contributed by atoms with van der Waals surface area (Å²) < 4.78 is 87.6. The van der Waals surface area contributed by atoms with E-state index in [0.29, 0.717) is 12.1 Å². The zero-order valence-corrected chi connectivity index (χ0v) is 15.8. The van der Waals surface area contributed by atoms with Crippen LogP contribution in [0, 0.1) is 0 Å². The van der Waals surface area contributed by atoms with Gasteiger partial charge in [-0.05, 0) is 38.5 Å². The molecule has 0 radical (unpaired) electrons. The van der Waals surface area contributed by atoms with Crippen LogP contribution in [0.1, 0.15) is 26.3 Å². The second kappa shape index (κ2) is 8.25. The van der Waals surface area contributed by atoms with E-state index >= 15 is 0 Å². The highest BCUT2D eigenvalue weighted by molar-refractivity contribution is 5.95. The number of hydrogen-bond donors (Lipinski definition) is 2. The highest BCUT2D eigenvalue weighted by Gasteiger charge is 2.75. The van der Waals surface area contributed by atoms with E-state index in [1.807, 2.05) is 0 Å². The summed E-state index contributed by atoms with van der Waals surface area (Å²) in [6.07, 6.45) is -12.7. The molecule has 0 saturated carbocycles. The maximum absolute atomic E-state index is 13.8. The number of carbonyl (C=O) groups is 1. The lowest BCUT2D eigenvalue weighted by Crippen LogP contribution is -2.59. The van der Waals surface area contributed by atoms with Gasteiger partial charge in [0, 0.05) is 12.7 Å². The van der Waals surface area contributed by atoms with Crippen LogP contribution in [0.2, 0.25) is 0 Å². The Balaban J connectivity index is 3.51. The van der Waals surface area contributed by atoms with E-state index < -0.39 is 40.9 Å². The number of nitrogens with two attached hydrogens (primary N) is 1. The predicted octanol–water partition coefficient (Wildman–Crippen LogP) is 4.75. The lowest BCUT2D eigenvalue weighted by atomic mass is 9.77. The fraction of sp³-hybridized carbons (Fsp3) is 0.500. The number of hydrogen-bond acceptors (Lipinski definition) is 5. The van der Waals surface area contributed by atoms with E-state index in [0.717, 1.165) is 19.2 Å². The number of benzene rings is 1. The van der Waals surface area contributed by atoms with Gasteiger partial charge in [-0.15, -0.1) is 5.11 Å². The standard InChI is InChI=1S/C16H19F6N5O2/c1-13(2,3)29-12(28)25-10-7-5-9(6-8-10)14(15(17,18)19,16(20,21)22)11(26-23)27-24-4/h5-8H,23H2,1-4H3,(H,25,28). The van der Waals surface area contributed by atoms with Crippen molar-refractivity contribution < 1.29 is 35.9 Å². The van der Waals surface area contributed by atoms with Crippen molar-refractivity contribution >= 4 is 17.6 Å². The predicted molar refractivity (Wildman–Crippen MR) is 92.5 cm³/mol. The lowest BCUT2D eigenvalue weighted by Gasteiger charge is -2.36. The van der Waals surface area contributed by atoms with Gasteiger partial charge in [0.25, 0.3) is 0 Å². The highest BCUT2D eigenvalue weighted by Crippen LogP contribution is 2.53. The van der Waals surface area contributed by atoms with E-state index in [4.69, 9.17) is 10.6 Å². The van der Waals surface area contributed by atoms with Crippen molar-refractivity contribution in [3.05, 3.63) is 29.8 Å². The largest absolute Gasteiger partial charge is 0.444 e. The van der Waals surface area contributed by atoms with Gasteiger partial charge < -0.3 is 10.6 Å². The summed E-state index contributed by atoms with van der Waals surface area (Å²) >= 11 is 0. The third-order valence-electron chi connectivity index (χ3n) is 3.47. The summed E-state index contributed by atoms with van der Waals surface area (Å²) in [7, 11) is 0.872. The molecule has 0 unspecified atom stereocenters. The number of nitrogens with one attached hydrogen (secondary N) is 1. The summed E-state index contributed by atoms with van der Waals surface area (Å²) in [6.45, 7) is 4.73. The van der Waals surface area contributed by atoms with E-state index in [1.54, 1.807) is 20.8 Å². The molecule has 13 heteroatoms. The van der Waals surface area contributed by atoms with Crippen LogP contribution in [0.15, 0.2) is 39.6 Å². The number of halogens is 6. The molecule has 0 atom stereocenters. The van der Waals surface area contributed by atoms with Gasteiger partial charge in [-0.25, -0.2) is 4.79 Å². The number of amides is 1. The number of carbonyl (C=O) groups excluding carboxylic acids is 1. The van der Waals surface area contributed by atoms with Crippen molar-refractivity contribution in [2.45, 2.75) is 44.1 Å². The van der Waals surface area contributed by atoms with Crippen molar-refractivity contribution in [3.8, 4) is 0 Å². The minimum atomic E-state index is -5.91. The summed E-state index contributed by atoms with van der Waals surface area (Å²) in [4.78, 5) is 11.7. The van der Waals surface area contributed by atoms with Gasteiger partial charge in [-0.2, -0.15) is 36.6 Å². The van der Waals surface area contributed by atoms with Crippen LogP contribution in [-0.2, 0) is 10.2 Å². The maximum atomic E-state index is 13.8. The number of nitrogens with zero attached hydrogens (tertiary/aromatic N) is 3. The first-order chi connectivity index (χ1) is 13.1. The molecule has 0 aliphatic carbocycles. The molecule has 1 aromatic carbocycles. The molecule has 1 amide bonds. The van der Waals surface area contributed by atoms with Crippen molar-refractivity contribution in [1.82, 2.24) is 0 Å². The van der Waals surface area contributed by atoms with Crippen LogP contribution in [0.25, 0.3) is 0 Å². The van der Waals surface area contributed by atoms with Crippen molar-refractivity contribution in [1.29, 1.82) is 0 Å². The van der Waals surface area contributed by atoms with Gasteiger partial charge in [0.1, 0.15) is 5.60 Å². The SMILES string of the molecule is CN=NC(=NN)C(c1ccc(NC(=O)OC(C)(C)C)cc1)(C(F)(F)F)C(F)(F)F. The van der Waals surface area contributed by atoms with E-state index in [1.165, 1.54) is 0 Å². The molecular weight excluding hydrogens is 408 g/mol. The molecule has 0 aliphatic rings. The molecule has 0 aromatic heterocycles. The number of ether oxygens (including phenoxy) is 1. The Bertz CT molecular complexity index is 765. The fourth-order valence-electron chi connectivity index (χ4n) is 2.39. The zero-order chi connectivity index (χ0) is 22.7. The monoisotopic (exact) mass is 427 g/mol. The summed E-state index contributed by atoms with van der Waals surface area (Å²) in [5, 5.41) is 10.6. The van der Waals surface area contributed by atoms with Crippen LogP contribution in [0.5, 0.6) is 0 Å². The average Bonchev–Trinajstić information content (AvgIpc) is 2.51. The molecule has 162 valence electrons. The van der Waals surface area contributed by atoms with Crippen molar-refractivity contribution in [2.75, 3.05) is 12.4 Å². The zero-order valence-electron chi connectivity index (χ0n) is 15.8. The Hall–Kier alpha value is -2.86. The minimum Gasteiger partial charge on any atom is -0.444 e. The summed E-state index contributed by atoms with van der Waals surface area (Å²) in [6, 6.07) is 2.76. The smallest absolute Gasteiger partial charge is 0.414 e. The van der Waals surface area contributed by atoms with Crippen LogP contribution < -0.4 is 11.2 Å². The van der Waals surface area contributed by atoms with Gasteiger partial charge >= 0.3 is 18.4 Å². The number of azo groups is 1. The summed E-state index contributed by atoms with van der Waals surface area (Å²) in [5.41, 5.74) is -6.84. The van der Waals surface area contributed by atoms with Gasteiger partial charge in [-0.3, -0.25) is 5.32 Å². The second-order valence-corrected chi connectivity index (χ2v) is 6.70. The van der Waals surface area contributed by atoms with E-state index in [2.05, 4.69) is 20.6 Å². The number of anilines is 1. The number of rotatable bonds is 3.